The molecule has 0 N–H and O–H groups in total. The van der Waals surface area contributed by atoms with Gasteiger partial charge in [-0.05, 0) is 138 Å². The van der Waals surface area contributed by atoms with Gasteiger partial charge in [-0.3, -0.25) is 9.59 Å². The van der Waals surface area contributed by atoms with E-state index < -0.39 is 24.1 Å². The maximum Gasteiger partial charge on any atom is 0.330 e. The van der Waals surface area contributed by atoms with E-state index in [1.54, 1.807) is 45.6 Å². The predicted molar refractivity (Wildman–Crippen MR) is 298 cm³/mol. The number of esters is 4. The van der Waals surface area contributed by atoms with Gasteiger partial charge in [-0.1, -0.05) is 102 Å². The van der Waals surface area contributed by atoms with E-state index in [1.165, 1.54) is 30.1 Å². The van der Waals surface area contributed by atoms with E-state index in [0.717, 1.165) is 114 Å². The molecule has 3 saturated carbocycles. The summed E-state index contributed by atoms with van der Waals surface area (Å²) in [5, 5.41) is 0. The molecule has 3 aliphatic rings. The molecule has 3 fully saturated rings. The van der Waals surface area contributed by atoms with Crippen LogP contribution in [-0.2, 0) is 57.1 Å². The molecule has 3 aliphatic carbocycles. The quantitative estimate of drug-likeness (QED) is 0.0269. The minimum absolute atomic E-state index is 0.239. The largest absolute Gasteiger partial charge is 0.490 e. The van der Waals surface area contributed by atoms with E-state index >= 15 is 0 Å². The van der Waals surface area contributed by atoms with Crippen molar-refractivity contribution in [1.82, 2.24) is 0 Å². The molecule has 14 heteroatoms. The lowest BCUT2D eigenvalue weighted by Crippen LogP contribution is -2.30. The van der Waals surface area contributed by atoms with E-state index in [1.807, 2.05) is 67.6 Å². The predicted octanol–water partition coefficient (Wildman–Crippen LogP) is 12.8. The molecule has 0 spiro atoms. The van der Waals surface area contributed by atoms with E-state index in [4.69, 9.17) is 47.4 Å². The first-order chi connectivity index (χ1) is 37.2. The number of hydrogen-bond donors (Lipinski definition) is 0. The van der Waals surface area contributed by atoms with Gasteiger partial charge in [0, 0.05) is 65.1 Å². The first kappa shape index (κ1) is 67.3. The van der Waals surface area contributed by atoms with Gasteiger partial charge in [0.1, 0.15) is 24.7 Å². The molecule has 14 nitrogen and oxygen atoms in total. The van der Waals surface area contributed by atoms with E-state index in [2.05, 4.69) is 27.0 Å². The fourth-order valence-electron chi connectivity index (χ4n) is 9.50. The molecule has 2 bridgehead atoms. The summed E-state index contributed by atoms with van der Waals surface area (Å²) >= 11 is 0. The third-order valence-electron chi connectivity index (χ3n) is 13.2. The summed E-state index contributed by atoms with van der Waals surface area (Å²) in [7, 11) is 1.68. The molecule has 0 amide bonds. The van der Waals surface area contributed by atoms with Crippen LogP contribution in [-0.4, -0.2) is 116 Å². The highest BCUT2D eigenvalue weighted by atomic mass is 16.6. The second-order valence-corrected chi connectivity index (χ2v) is 19.6. The van der Waals surface area contributed by atoms with Crippen LogP contribution >= 0.6 is 0 Å². The standard InChI is InChI=1S/C25H38O7.C24H36O7.C10H16.C3H8/c1-3-24(26)30-19-11-6-5-10-16-25(27)32-23(20-29-18-13-12-17-28-4-2)21-31-22-14-8-7-9-15-22;1-3-23(25)29-18-10-5-4-9-15-24(26)31-22(19-28-17-12-11-16-27-2)20-30-21-13-7-6-8-14-21;1-2-9-7-4-5-8(6-7)10(9)3-1;1-3-2/h3,7-9,14-15,23H,1,4-6,10-13,16-21H2,2H3;3,6-8,13-14,22H,1,4-5,9-12,15-20H2,2H3;7-10H,1-6H2;3H2,1-2H3. The second kappa shape index (κ2) is 46.3. The Morgan fingerprint density at radius 2 is 0.908 bits per heavy atom. The van der Waals surface area contributed by atoms with Crippen molar-refractivity contribution in [2.24, 2.45) is 23.7 Å². The Morgan fingerprint density at radius 3 is 1.32 bits per heavy atom. The lowest BCUT2D eigenvalue weighted by Gasteiger charge is -2.23. The number of fused-ring (bicyclic) bond motifs is 5. The van der Waals surface area contributed by atoms with Gasteiger partial charge < -0.3 is 47.4 Å². The molecule has 0 aromatic heterocycles. The van der Waals surface area contributed by atoms with Gasteiger partial charge in [-0.15, -0.1) is 0 Å². The van der Waals surface area contributed by atoms with Crippen molar-refractivity contribution in [1.29, 1.82) is 0 Å². The van der Waals surface area contributed by atoms with Crippen LogP contribution in [0.1, 0.15) is 156 Å². The zero-order valence-electron chi connectivity index (χ0n) is 47.1. The summed E-state index contributed by atoms with van der Waals surface area (Å²) in [6, 6.07) is 18.8. The lowest BCUT2D eigenvalue weighted by atomic mass is 9.82. The Bertz CT molecular complexity index is 1740. The SMILES string of the molecule is C1CC2C3CCC(C3)C2C1.C=CC(=O)OCCCCCCC(=O)OC(COCCCCOC)COc1ccccc1.C=CC(=O)OCCCCCCC(=O)OC(COCCCCOCC)COc1ccccc1.CCC. The van der Waals surface area contributed by atoms with Crippen LogP contribution in [0.3, 0.4) is 0 Å². The van der Waals surface area contributed by atoms with Gasteiger partial charge in [0.15, 0.2) is 12.2 Å². The Kier molecular flexibility index (Phi) is 41.1. The number of unbranched alkanes of at least 4 members (excludes halogenated alkanes) is 8. The third kappa shape index (κ3) is 34.1. The number of carbonyl (C=O) groups excluding carboxylic acids is 4. The fourth-order valence-corrected chi connectivity index (χ4v) is 9.50. The van der Waals surface area contributed by atoms with Gasteiger partial charge in [-0.25, -0.2) is 9.59 Å². The lowest BCUT2D eigenvalue weighted by molar-refractivity contribution is -0.155. The molecule has 76 heavy (non-hydrogen) atoms. The van der Waals surface area contributed by atoms with Crippen LogP contribution in [0.4, 0.5) is 0 Å². The Balaban J connectivity index is 0.000000417. The van der Waals surface area contributed by atoms with Crippen LogP contribution in [0.25, 0.3) is 0 Å². The summed E-state index contributed by atoms with van der Waals surface area (Å²) in [5.41, 5.74) is 0. The highest BCUT2D eigenvalue weighted by Gasteiger charge is 2.48. The van der Waals surface area contributed by atoms with E-state index in [0.29, 0.717) is 59.1 Å². The molecule has 430 valence electrons. The number of ether oxygens (including phenoxy) is 10. The van der Waals surface area contributed by atoms with Crippen molar-refractivity contribution in [3.63, 3.8) is 0 Å². The van der Waals surface area contributed by atoms with Crippen molar-refractivity contribution in [2.45, 2.75) is 168 Å². The summed E-state index contributed by atoms with van der Waals surface area (Å²) in [4.78, 5) is 46.4. The highest BCUT2D eigenvalue weighted by Crippen LogP contribution is 2.58. The Morgan fingerprint density at radius 1 is 0.513 bits per heavy atom. The van der Waals surface area contributed by atoms with Gasteiger partial charge in [-0.2, -0.15) is 0 Å². The average molecular weight is 1070 g/mol. The van der Waals surface area contributed by atoms with Crippen LogP contribution in [0.2, 0.25) is 0 Å². The minimum Gasteiger partial charge on any atom is -0.490 e. The number of carbonyl (C=O) groups is 4. The van der Waals surface area contributed by atoms with Crippen molar-refractivity contribution >= 4 is 23.9 Å². The Labute approximate surface area is 457 Å². The molecular weight excluding hydrogens is 969 g/mol. The van der Waals surface area contributed by atoms with E-state index in [9.17, 15) is 19.2 Å². The van der Waals surface area contributed by atoms with Crippen LogP contribution in [0.5, 0.6) is 11.5 Å². The first-order valence-corrected chi connectivity index (χ1v) is 28.7. The number of para-hydroxylation sites is 2. The first-order valence-electron chi connectivity index (χ1n) is 28.7. The number of benzene rings is 2. The molecule has 6 atom stereocenters. The number of methoxy groups -OCH3 is 1. The summed E-state index contributed by atoms with van der Waals surface area (Å²) in [5.74, 6) is 4.91. The topological polar surface area (TPSA) is 161 Å². The van der Waals surface area contributed by atoms with Crippen LogP contribution in [0.15, 0.2) is 86.0 Å². The summed E-state index contributed by atoms with van der Waals surface area (Å²) in [6.45, 7) is 18.1. The van der Waals surface area contributed by atoms with E-state index in [-0.39, 0.29) is 25.2 Å². The molecule has 0 saturated heterocycles. The molecule has 2 aromatic rings. The maximum atomic E-state index is 12.3. The number of rotatable bonds is 39. The normalized spacial score (nSPS) is 17.4. The molecule has 0 radical (unpaired) electrons. The van der Waals surface area contributed by atoms with Crippen molar-refractivity contribution in [3.05, 3.63) is 86.0 Å². The Hall–Kier alpha value is -4.76. The molecule has 2 aromatic carbocycles. The minimum atomic E-state index is -0.465. The van der Waals surface area contributed by atoms with Crippen molar-refractivity contribution < 1.29 is 66.5 Å². The molecule has 0 aliphatic heterocycles. The smallest absolute Gasteiger partial charge is 0.330 e. The summed E-state index contributed by atoms with van der Waals surface area (Å²) in [6.07, 6.45) is 22.9. The monoisotopic (exact) mass is 1070 g/mol. The van der Waals surface area contributed by atoms with Gasteiger partial charge in [0.05, 0.1) is 26.4 Å². The molecule has 0 heterocycles. The van der Waals surface area contributed by atoms with Crippen molar-refractivity contribution in [2.75, 3.05) is 79.8 Å². The maximum absolute atomic E-state index is 12.3. The van der Waals surface area contributed by atoms with Gasteiger partial charge in [0.25, 0.3) is 0 Å². The molecule has 5 rings (SSSR count). The average Bonchev–Trinajstić information content (AvgIpc) is 4.21. The van der Waals surface area contributed by atoms with Crippen LogP contribution < -0.4 is 9.47 Å². The van der Waals surface area contributed by atoms with Crippen molar-refractivity contribution in [3.8, 4) is 11.5 Å². The highest BCUT2D eigenvalue weighted by molar-refractivity contribution is 5.81. The zero-order chi connectivity index (χ0) is 55.1. The second-order valence-electron chi connectivity index (χ2n) is 19.6. The van der Waals surface area contributed by atoms with Gasteiger partial charge in [0.2, 0.25) is 0 Å². The summed E-state index contributed by atoms with van der Waals surface area (Å²) < 4.78 is 54.2. The molecule has 6 unspecified atom stereocenters. The molecular formula is C62H98O14. The zero-order valence-corrected chi connectivity index (χ0v) is 47.1. The third-order valence-corrected chi connectivity index (χ3v) is 13.2. The fraction of sp³-hybridized carbons (Fsp3) is 0.677. The number of hydrogen-bond acceptors (Lipinski definition) is 14. The van der Waals surface area contributed by atoms with Gasteiger partial charge >= 0.3 is 23.9 Å². The van der Waals surface area contributed by atoms with Crippen LogP contribution in [0, 0.1) is 23.7 Å².